The van der Waals surface area contributed by atoms with Gasteiger partial charge in [0.25, 0.3) is 0 Å². The average molecular weight is 371 g/mol. The fraction of sp³-hybridized carbons (Fsp3) is 0.917. The average Bonchev–Trinajstić information content (AvgIpc) is 3.49. The Morgan fingerprint density at radius 2 is 1.59 bits per heavy atom. The Hall–Kier alpha value is -0.560. The third-order valence-corrected chi connectivity index (χ3v) is 10.9. The Kier molecular flexibility index (Phi) is 3.06. The molecule has 0 bridgehead atoms. The van der Waals surface area contributed by atoms with Gasteiger partial charge in [-0.25, -0.2) is 0 Å². The first-order chi connectivity index (χ1) is 12.7. The first-order valence-electron chi connectivity index (χ1n) is 11.3. The highest BCUT2D eigenvalue weighted by molar-refractivity contribution is 5.36. The van der Waals surface area contributed by atoms with E-state index in [-0.39, 0.29) is 16.9 Å². The molecular weight excluding hydrogens is 336 g/mol. The predicted octanol–water partition coefficient (Wildman–Crippen LogP) is 2.97. The molecule has 6 unspecified atom stereocenters. The molecule has 6 fully saturated rings. The summed E-state index contributed by atoms with van der Waals surface area (Å²) in [5.41, 5.74) is -1.63. The van der Waals surface area contributed by atoms with Crippen molar-refractivity contribution in [3.8, 4) is 11.8 Å². The molecule has 0 saturated heterocycles. The van der Waals surface area contributed by atoms with Crippen LogP contribution < -0.4 is 0 Å². The Morgan fingerprint density at radius 1 is 0.889 bits per heavy atom. The van der Waals surface area contributed by atoms with Gasteiger partial charge in [0.2, 0.25) is 0 Å². The molecule has 3 N–H and O–H groups in total. The molecule has 0 aromatic carbocycles. The maximum atomic E-state index is 11.8. The highest BCUT2D eigenvalue weighted by Gasteiger charge is 2.81. The molecule has 3 heteroatoms. The van der Waals surface area contributed by atoms with Crippen LogP contribution in [0.5, 0.6) is 0 Å². The van der Waals surface area contributed by atoms with Crippen LogP contribution in [-0.2, 0) is 0 Å². The third-order valence-electron chi connectivity index (χ3n) is 10.9. The Bertz CT molecular complexity index is 767. The summed E-state index contributed by atoms with van der Waals surface area (Å²) in [7, 11) is 0. The van der Waals surface area contributed by atoms with Crippen molar-refractivity contribution in [3.05, 3.63) is 0 Å². The van der Waals surface area contributed by atoms with Crippen LogP contribution in [0.4, 0.5) is 0 Å². The highest BCUT2D eigenvalue weighted by Crippen LogP contribution is 2.81. The highest BCUT2D eigenvalue weighted by atomic mass is 16.3. The van der Waals surface area contributed by atoms with Crippen molar-refractivity contribution in [1.29, 1.82) is 0 Å². The van der Waals surface area contributed by atoms with Gasteiger partial charge in [0, 0.05) is 17.8 Å². The Morgan fingerprint density at radius 3 is 2.33 bits per heavy atom. The Balaban J connectivity index is 1.44. The number of hydrogen-bond acceptors (Lipinski definition) is 3. The van der Waals surface area contributed by atoms with Crippen molar-refractivity contribution in [3.63, 3.8) is 0 Å². The molecule has 0 amide bonds. The van der Waals surface area contributed by atoms with E-state index < -0.39 is 11.2 Å². The molecule has 6 rings (SSSR count). The van der Waals surface area contributed by atoms with E-state index >= 15 is 0 Å². The lowest BCUT2D eigenvalue weighted by Crippen LogP contribution is -2.65. The lowest BCUT2D eigenvalue weighted by Gasteiger charge is -2.64. The molecule has 6 saturated carbocycles. The van der Waals surface area contributed by atoms with Gasteiger partial charge in [-0.05, 0) is 86.4 Å². The topological polar surface area (TPSA) is 60.7 Å². The lowest BCUT2D eigenvalue weighted by atomic mass is 9.42. The second kappa shape index (κ2) is 4.77. The third kappa shape index (κ3) is 1.71. The molecule has 6 aliphatic rings. The van der Waals surface area contributed by atoms with Crippen molar-refractivity contribution < 1.29 is 15.3 Å². The van der Waals surface area contributed by atoms with Crippen LogP contribution in [0.2, 0.25) is 0 Å². The van der Waals surface area contributed by atoms with Crippen molar-refractivity contribution >= 4 is 0 Å². The van der Waals surface area contributed by atoms with Crippen LogP contribution in [0.1, 0.15) is 65.7 Å². The van der Waals surface area contributed by atoms with E-state index in [9.17, 15) is 15.3 Å². The van der Waals surface area contributed by atoms with Gasteiger partial charge in [-0.1, -0.05) is 19.8 Å². The molecule has 27 heavy (non-hydrogen) atoms. The number of hydrogen-bond donors (Lipinski definition) is 3. The fourth-order valence-corrected chi connectivity index (χ4v) is 9.59. The molecule has 0 heterocycles. The van der Waals surface area contributed by atoms with Crippen molar-refractivity contribution in [1.82, 2.24) is 0 Å². The van der Waals surface area contributed by atoms with Crippen LogP contribution in [-0.4, -0.2) is 32.6 Å². The van der Waals surface area contributed by atoms with E-state index in [1.807, 2.05) is 6.92 Å². The molecule has 0 spiro atoms. The van der Waals surface area contributed by atoms with Gasteiger partial charge in [0.1, 0.15) is 5.60 Å². The molecule has 0 aromatic rings. The molecule has 148 valence electrons. The monoisotopic (exact) mass is 370 g/mol. The predicted molar refractivity (Wildman–Crippen MR) is 102 cm³/mol. The zero-order valence-electron chi connectivity index (χ0n) is 16.9. The standard InChI is InChI=1S/C24H34O3/c1-4-7-23(26)18-11-15(18)20-19-14-10-17(14)24(27)12-13(25)5-8-21(24,2)16(19)6-9-22(20,23)3/h13-20,25-27H,5-6,8-12H2,1-3H3/t13-,14?,15?,16?,17+,18?,19?,20?,21+,22-,23-,24+/m0/s1. The smallest absolute Gasteiger partial charge is 0.134 e. The van der Waals surface area contributed by atoms with E-state index in [2.05, 4.69) is 25.7 Å². The zero-order valence-corrected chi connectivity index (χ0v) is 16.9. The molecule has 12 atom stereocenters. The SMILES string of the molecule is CC#C[C@]1(O)C2CC2C2C3C4C[C@H]4[C@]4(O)C[C@@H](O)CC[C@]4(C)C3CC[C@@]21C. The van der Waals surface area contributed by atoms with E-state index in [0.29, 0.717) is 47.8 Å². The van der Waals surface area contributed by atoms with Crippen molar-refractivity contribution in [2.24, 2.45) is 52.3 Å². The summed E-state index contributed by atoms with van der Waals surface area (Å²) in [6.07, 6.45) is 6.43. The molecule has 3 nitrogen and oxygen atoms in total. The fourth-order valence-electron chi connectivity index (χ4n) is 9.59. The van der Waals surface area contributed by atoms with Crippen LogP contribution >= 0.6 is 0 Å². The van der Waals surface area contributed by atoms with Gasteiger partial charge in [0.15, 0.2) is 0 Å². The second-order valence-corrected chi connectivity index (χ2v) is 11.6. The van der Waals surface area contributed by atoms with E-state index in [1.54, 1.807) is 0 Å². The van der Waals surface area contributed by atoms with Crippen LogP contribution in [0.3, 0.4) is 0 Å². The molecule has 0 aromatic heterocycles. The maximum Gasteiger partial charge on any atom is 0.134 e. The van der Waals surface area contributed by atoms with E-state index in [4.69, 9.17) is 0 Å². The quantitative estimate of drug-likeness (QED) is 0.575. The minimum atomic E-state index is -0.802. The van der Waals surface area contributed by atoms with Gasteiger partial charge in [0.05, 0.1) is 11.7 Å². The number of aliphatic hydroxyl groups excluding tert-OH is 1. The first kappa shape index (κ1) is 17.3. The van der Waals surface area contributed by atoms with E-state index in [1.165, 1.54) is 0 Å². The van der Waals surface area contributed by atoms with Gasteiger partial charge < -0.3 is 15.3 Å². The largest absolute Gasteiger partial charge is 0.393 e. The molecule has 0 radical (unpaired) electrons. The summed E-state index contributed by atoms with van der Waals surface area (Å²) in [6.45, 7) is 6.53. The summed E-state index contributed by atoms with van der Waals surface area (Å²) < 4.78 is 0. The van der Waals surface area contributed by atoms with Gasteiger partial charge in [-0.3, -0.25) is 0 Å². The van der Waals surface area contributed by atoms with Gasteiger partial charge in [-0.15, -0.1) is 5.92 Å². The lowest BCUT2D eigenvalue weighted by molar-refractivity contribution is -0.233. The molecule has 6 aliphatic carbocycles. The number of fused-ring (bicyclic) bond motifs is 10. The van der Waals surface area contributed by atoms with Crippen LogP contribution in [0.15, 0.2) is 0 Å². The Labute approximate surface area is 162 Å². The molecular formula is C24H34O3. The van der Waals surface area contributed by atoms with Crippen molar-refractivity contribution in [2.75, 3.05) is 0 Å². The summed E-state index contributed by atoms with van der Waals surface area (Å²) in [5.74, 6) is 10.0. The van der Waals surface area contributed by atoms with Crippen molar-refractivity contribution in [2.45, 2.75) is 83.0 Å². The summed E-state index contributed by atoms with van der Waals surface area (Å²) in [4.78, 5) is 0. The van der Waals surface area contributed by atoms with Gasteiger partial charge >= 0.3 is 0 Å². The number of rotatable bonds is 0. The van der Waals surface area contributed by atoms with E-state index in [0.717, 1.165) is 38.5 Å². The first-order valence-corrected chi connectivity index (χ1v) is 11.3. The maximum absolute atomic E-state index is 11.8. The second-order valence-electron chi connectivity index (χ2n) is 11.6. The summed E-state index contributed by atoms with van der Waals surface area (Å²) in [5, 5.41) is 33.8. The van der Waals surface area contributed by atoms with Crippen LogP contribution in [0.25, 0.3) is 0 Å². The summed E-state index contributed by atoms with van der Waals surface area (Å²) in [6, 6.07) is 0. The molecule has 0 aliphatic heterocycles. The number of aliphatic hydroxyl groups is 3. The van der Waals surface area contributed by atoms with Crippen LogP contribution in [0, 0.1) is 64.1 Å². The minimum Gasteiger partial charge on any atom is -0.393 e. The zero-order chi connectivity index (χ0) is 19.0. The minimum absolute atomic E-state index is 0.0720. The van der Waals surface area contributed by atoms with Gasteiger partial charge in [-0.2, -0.15) is 0 Å². The summed E-state index contributed by atoms with van der Waals surface area (Å²) >= 11 is 0. The normalized spacial score (nSPS) is 67.6.